The van der Waals surface area contributed by atoms with E-state index < -0.39 is 0 Å². The Balaban J connectivity index is 1.56. The highest BCUT2D eigenvalue weighted by Gasteiger charge is 2.22. The fourth-order valence-electron chi connectivity index (χ4n) is 3.31. The molecule has 0 aromatic carbocycles. The molecule has 1 heterocycles. The smallest absolute Gasteiger partial charge is 0.239 e. The van der Waals surface area contributed by atoms with Gasteiger partial charge in [0.05, 0.1) is 6.04 Å². The molecule has 3 nitrogen and oxygen atoms in total. The first-order chi connectivity index (χ1) is 8.77. The average molecular weight is 252 g/mol. The van der Waals surface area contributed by atoms with Crippen LogP contribution in [-0.4, -0.2) is 36.5 Å². The maximum Gasteiger partial charge on any atom is 0.239 e. The minimum atomic E-state index is 0.00618. The average Bonchev–Trinajstić information content (AvgIpc) is 3.05. The van der Waals surface area contributed by atoms with Gasteiger partial charge in [-0.1, -0.05) is 25.7 Å². The number of carbonyl (C=O) groups excluding carboxylic acids is 1. The third-order valence-corrected chi connectivity index (χ3v) is 4.50. The molecule has 1 saturated heterocycles. The summed E-state index contributed by atoms with van der Waals surface area (Å²) in [6.45, 7) is 4.94. The van der Waals surface area contributed by atoms with Crippen molar-refractivity contribution >= 4 is 5.91 Å². The van der Waals surface area contributed by atoms with Crippen LogP contribution in [-0.2, 0) is 4.79 Å². The lowest BCUT2D eigenvalue weighted by Gasteiger charge is -2.21. The minimum absolute atomic E-state index is 0.00618. The summed E-state index contributed by atoms with van der Waals surface area (Å²) in [7, 11) is 0. The summed E-state index contributed by atoms with van der Waals surface area (Å²) in [4.78, 5) is 14.1. The van der Waals surface area contributed by atoms with Gasteiger partial charge in [0.2, 0.25) is 5.91 Å². The van der Waals surface area contributed by atoms with Crippen LogP contribution in [0.15, 0.2) is 0 Å². The predicted molar refractivity (Wildman–Crippen MR) is 74.5 cm³/mol. The zero-order valence-corrected chi connectivity index (χ0v) is 11.8. The van der Waals surface area contributed by atoms with E-state index in [0.29, 0.717) is 5.91 Å². The number of rotatable bonds is 6. The number of hydrogen-bond donors (Lipinski definition) is 1. The Morgan fingerprint density at radius 1 is 1.22 bits per heavy atom. The van der Waals surface area contributed by atoms with Crippen LogP contribution >= 0.6 is 0 Å². The number of likely N-dealkylation sites (tertiary alicyclic amines) is 1. The highest BCUT2D eigenvalue weighted by molar-refractivity contribution is 5.81. The van der Waals surface area contributed by atoms with E-state index in [9.17, 15) is 4.79 Å². The van der Waals surface area contributed by atoms with E-state index >= 15 is 0 Å². The van der Waals surface area contributed by atoms with Crippen molar-refractivity contribution in [2.24, 2.45) is 5.92 Å². The Bertz CT molecular complexity index is 255. The summed E-state index contributed by atoms with van der Waals surface area (Å²) in [6.07, 6.45) is 10.7. The molecule has 1 N–H and O–H groups in total. The van der Waals surface area contributed by atoms with E-state index in [2.05, 4.69) is 5.32 Å². The van der Waals surface area contributed by atoms with E-state index in [0.717, 1.165) is 25.6 Å². The fourth-order valence-corrected chi connectivity index (χ4v) is 3.31. The summed E-state index contributed by atoms with van der Waals surface area (Å²) >= 11 is 0. The number of hydrogen-bond acceptors (Lipinski definition) is 2. The van der Waals surface area contributed by atoms with Gasteiger partial charge >= 0.3 is 0 Å². The van der Waals surface area contributed by atoms with E-state index in [1.54, 1.807) is 0 Å². The normalized spacial score (nSPS) is 22.6. The monoisotopic (exact) mass is 252 g/mol. The number of nitrogens with one attached hydrogen (secondary N) is 1. The standard InChI is InChI=1S/C15H28N2O/c1-13(15(18)17-11-4-5-12-17)16-10-6-9-14-7-2-3-8-14/h13-14,16H,2-12H2,1H3. The molecule has 1 amide bonds. The molecular formula is C15H28N2O. The van der Waals surface area contributed by atoms with Crippen molar-refractivity contribution in [1.82, 2.24) is 10.2 Å². The van der Waals surface area contributed by atoms with Gasteiger partial charge in [-0.05, 0) is 45.1 Å². The molecule has 104 valence electrons. The van der Waals surface area contributed by atoms with Crippen LogP contribution in [0.3, 0.4) is 0 Å². The van der Waals surface area contributed by atoms with Crippen molar-refractivity contribution in [3.05, 3.63) is 0 Å². The zero-order chi connectivity index (χ0) is 12.8. The molecule has 2 aliphatic rings. The molecule has 18 heavy (non-hydrogen) atoms. The Kier molecular flexibility index (Phi) is 5.48. The lowest BCUT2D eigenvalue weighted by atomic mass is 10.0. The van der Waals surface area contributed by atoms with E-state index in [-0.39, 0.29) is 6.04 Å². The van der Waals surface area contributed by atoms with Gasteiger partial charge in [0.25, 0.3) is 0 Å². The van der Waals surface area contributed by atoms with E-state index in [4.69, 9.17) is 0 Å². The van der Waals surface area contributed by atoms with Crippen LogP contribution in [0.5, 0.6) is 0 Å². The first-order valence-electron chi connectivity index (χ1n) is 7.79. The molecule has 3 heteroatoms. The summed E-state index contributed by atoms with van der Waals surface area (Å²) < 4.78 is 0. The third kappa shape index (κ3) is 3.98. The predicted octanol–water partition coefficient (Wildman–Crippen LogP) is 2.56. The van der Waals surface area contributed by atoms with Crippen molar-refractivity contribution in [3.8, 4) is 0 Å². The van der Waals surface area contributed by atoms with Gasteiger partial charge < -0.3 is 10.2 Å². The van der Waals surface area contributed by atoms with Crippen LogP contribution in [0.2, 0.25) is 0 Å². The Morgan fingerprint density at radius 3 is 2.56 bits per heavy atom. The SMILES string of the molecule is CC(NCCCC1CCCC1)C(=O)N1CCCC1. The van der Waals surface area contributed by atoms with Crippen molar-refractivity contribution in [3.63, 3.8) is 0 Å². The third-order valence-electron chi connectivity index (χ3n) is 4.50. The molecule has 1 aliphatic carbocycles. The van der Waals surface area contributed by atoms with Gasteiger partial charge in [-0.2, -0.15) is 0 Å². The molecule has 1 atom stereocenters. The largest absolute Gasteiger partial charge is 0.341 e. The topological polar surface area (TPSA) is 32.3 Å². The maximum atomic E-state index is 12.1. The van der Waals surface area contributed by atoms with Gasteiger partial charge in [0.15, 0.2) is 0 Å². The van der Waals surface area contributed by atoms with Crippen LogP contribution in [0.1, 0.15) is 58.3 Å². The molecule has 1 saturated carbocycles. The quantitative estimate of drug-likeness (QED) is 0.737. The molecule has 1 aliphatic heterocycles. The summed E-state index contributed by atoms with van der Waals surface area (Å²) in [5.74, 6) is 1.27. The minimum Gasteiger partial charge on any atom is -0.341 e. The summed E-state index contributed by atoms with van der Waals surface area (Å²) in [5, 5.41) is 3.39. The second-order valence-corrected chi connectivity index (χ2v) is 6.00. The second-order valence-electron chi connectivity index (χ2n) is 6.00. The van der Waals surface area contributed by atoms with Crippen molar-refractivity contribution in [2.45, 2.75) is 64.3 Å². The summed E-state index contributed by atoms with van der Waals surface area (Å²) in [6, 6.07) is 0.00618. The maximum absolute atomic E-state index is 12.1. The number of amides is 1. The highest BCUT2D eigenvalue weighted by atomic mass is 16.2. The lowest BCUT2D eigenvalue weighted by molar-refractivity contribution is -0.131. The van der Waals surface area contributed by atoms with Crippen molar-refractivity contribution in [1.29, 1.82) is 0 Å². The molecule has 0 aromatic rings. The van der Waals surface area contributed by atoms with Crippen molar-refractivity contribution < 1.29 is 4.79 Å². The van der Waals surface area contributed by atoms with Crippen LogP contribution in [0.4, 0.5) is 0 Å². The first kappa shape index (κ1) is 13.9. The first-order valence-corrected chi connectivity index (χ1v) is 7.79. The number of nitrogens with zero attached hydrogens (tertiary/aromatic N) is 1. The van der Waals surface area contributed by atoms with Crippen LogP contribution in [0, 0.1) is 5.92 Å². The van der Waals surface area contributed by atoms with E-state index in [1.165, 1.54) is 51.4 Å². The number of carbonyl (C=O) groups is 1. The zero-order valence-electron chi connectivity index (χ0n) is 11.8. The van der Waals surface area contributed by atoms with Gasteiger partial charge in [0, 0.05) is 13.1 Å². The van der Waals surface area contributed by atoms with Gasteiger partial charge in [-0.25, -0.2) is 0 Å². The Labute approximate surface area is 111 Å². The van der Waals surface area contributed by atoms with Gasteiger partial charge in [-0.3, -0.25) is 4.79 Å². The molecule has 2 fully saturated rings. The molecular weight excluding hydrogens is 224 g/mol. The summed E-state index contributed by atoms with van der Waals surface area (Å²) in [5.41, 5.74) is 0. The van der Waals surface area contributed by atoms with Crippen molar-refractivity contribution in [2.75, 3.05) is 19.6 Å². The van der Waals surface area contributed by atoms with Crippen LogP contribution < -0.4 is 5.32 Å². The Hall–Kier alpha value is -0.570. The molecule has 2 rings (SSSR count). The molecule has 0 radical (unpaired) electrons. The molecule has 0 aromatic heterocycles. The van der Waals surface area contributed by atoms with Gasteiger partial charge in [-0.15, -0.1) is 0 Å². The fraction of sp³-hybridized carbons (Fsp3) is 0.933. The van der Waals surface area contributed by atoms with Crippen LogP contribution in [0.25, 0.3) is 0 Å². The molecule has 0 bridgehead atoms. The molecule has 1 unspecified atom stereocenters. The highest BCUT2D eigenvalue weighted by Crippen LogP contribution is 2.28. The van der Waals surface area contributed by atoms with E-state index in [1.807, 2.05) is 11.8 Å². The van der Waals surface area contributed by atoms with Gasteiger partial charge in [0.1, 0.15) is 0 Å². The molecule has 0 spiro atoms. The second kappa shape index (κ2) is 7.13. The Morgan fingerprint density at radius 2 is 1.89 bits per heavy atom. The lowest BCUT2D eigenvalue weighted by Crippen LogP contribution is -2.43.